The van der Waals surface area contributed by atoms with Crippen molar-refractivity contribution in [3.8, 4) is 5.75 Å². The SMILES string of the molecule is CCC(C)Oc1ccc(C(=O)Nc2ccc(I)cc2)cc1. The first-order chi connectivity index (χ1) is 10.1. The van der Waals surface area contributed by atoms with Gasteiger partial charge in [-0.1, -0.05) is 6.92 Å². The molecule has 0 radical (unpaired) electrons. The van der Waals surface area contributed by atoms with E-state index >= 15 is 0 Å². The molecule has 0 bridgehead atoms. The van der Waals surface area contributed by atoms with Crippen LogP contribution >= 0.6 is 22.6 Å². The van der Waals surface area contributed by atoms with Crippen molar-refractivity contribution in [1.82, 2.24) is 0 Å². The highest BCUT2D eigenvalue weighted by Crippen LogP contribution is 2.17. The smallest absolute Gasteiger partial charge is 0.255 e. The number of amides is 1. The Kier molecular flexibility index (Phi) is 5.61. The molecule has 1 amide bonds. The summed E-state index contributed by atoms with van der Waals surface area (Å²) in [6, 6.07) is 14.9. The number of carbonyl (C=O) groups is 1. The predicted octanol–water partition coefficient (Wildman–Crippen LogP) is 4.72. The zero-order valence-corrected chi connectivity index (χ0v) is 14.3. The van der Waals surface area contributed by atoms with Gasteiger partial charge in [0, 0.05) is 14.8 Å². The Hall–Kier alpha value is -1.56. The van der Waals surface area contributed by atoms with E-state index in [0.717, 1.165) is 21.4 Å². The normalized spacial score (nSPS) is 11.8. The largest absolute Gasteiger partial charge is 0.491 e. The van der Waals surface area contributed by atoms with E-state index in [-0.39, 0.29) is 12.0 Å². The molecule has 0 aliphatic rings. The van der Waals surface area contributed by atoms with Gasteiger partial charge in [-0.3, -0.25) is 4.79 Å². The average molecular weight is 395 g/mol. The van der Waals surface area contributed by atoms with Crippen LogP contribution in [0.15, 0.2) is 48.5 Å². The van der Waals surface area contributed by atoms with Gasteiger partial charge in [0.15, 0.2) is 0 Å². The van der Waals surface area contributed by atoms with Crippen LogP contribution in [0.1, 0.15) is 30.6 Å². The lowest BCUT2D eigenvalue weighted by Gasteiger charge is -2.12. The number of anilines is 1. The predicted molar refractivity (Wildman–Crippen MR) is 93.9 cm³/mol. The fourth-order valence-electron chi connectivity index (χ4n) is 1.74. The number of halogens is 1. The van der Waals surface area contributed by atoms with Gasteiger partial charge < -0.3 is 10.1 Å². The second kappa shape index (κ2) is 7.45. The number of hydrogen-bond acceptors (Lipinski definition) is 2. The Balaban J connectivity index is 2.01. The summed E-state index contributed by atoms with van der Waals surface area (Å²) < 4.78 is 6.83. The summed E-state index contributed by atoms with van der Waals surface area (Å²) in [6.07, 6.45) is 1.13. The third kappa shape index (κ3) is 4.74. The van der Waals surface area contributed by atoms with E-state index in [1.54, 1.807) is 12.1 Å². The molecular formula is C17H18INO2. The van der Waals surface area contributed by atoms with Gasteiger partial charge in [0.25, 0.3) is 5.91 Å². The summed E-state index contributed by atoms with van der Waals surface area (Å²) in [5.41, 5.74) is 1.41. The summed E-state index contributed by atoms with van der Waals surface area (Å²) in [7, 11) is 0. The maximum absolute atomic E-state index is 12.1. The maximum Gasteiger partial charge on any atom is 0.255 e. The first-order valence-electron chi connectivity index (χ1n) is 6.92. The van der Waals surface area contributed by atoms with Crippen LogP contribution in [0, 0.1) is 3.57 Å². The summed E-state index contributed by atoms with van der Waals surface area (Å²) in [5.74, 6) is 0.668. The fraction of sp³-hybridized carbons (Fsp3) is 0.235. The molecule has 0 fully saturated rings. The standard InChI is InChI=1S/C17H18INO2/c1-3-12(2)21-16-10-4-13(5-11-16)17(20)19-15-8-6-14(18)7-9-15/h4-12H,3H2,1-2H3,(H,19,20). The molecule has 0 heterocycles. The van der Waals surface area contributed by atoms with Gasteiger partial charge >= 0.3 is 0 Å². The van der Waals surface area contributed by atoms with Crippen LogP contribution in [-0.2, 0) is 0 Å². The van der Waals surface area contributed by atoms with Gasteiger partial charge in [-0.2, -0.15) is 0 Å². The topological polar surface area (TPSA) is 38.3 Å². The lowest BCUT2D eigenvalue weighted by Crippen LogP contribution is -2.12. The van der Waals surface area contributed by atoms with Crippen molar-refractivity contribution >= 4 is 34.2 Å². The van der Waals surface area contributed by atoms with Crippen LogP contribution in [0.4, 0.5) is 5.69 Å². The van der Waals surface area contributed by atoms with Crippen LogP contribution in [0.3, 0.4) is 0 Å². The first kappa shape index (κ1) is 15.8. The summed E-state index contributed by atoms with van der Waals surface area (Å²) >= 11 is 2.23. The van der Waals surface area contributed by atoms with Gasteiger partial charge in [0.2, 0.25) is 0 Å². The Morgan fingerprint density at radius 2 is 1.76 bits per heavy atom. The summed E-state index contributed by atoms with van der Waals surface area (Å²) in [4.78, 5) is 12.1. The lowest BCUT2D eigenvalue weighted by atomic mass is 10.2. The monoisotopic (exact) mass is 395 g/mol. The molecule has 1 unspecified atom stereocenters. The third-order valence-corrected chi connectivity index (χ3v) is 3.85. The molecule has 2 aromatic rings. The molecular weight excluding hydrogens is 377 g/mol. The van der Waals surface area contributed by atoms with E-state index in [9.17, 15) is 4.79 Å². The van der Waals surface area contributed by atoms with Crippen LogP contribution in [0.5, 0.6) is 5.75 Å². The molecule has 0 spiro atoms. The minimum absolute atomic E-state index is 0.119. The Labute approximate surface area is 138 Å². The number of ether oxygens (including phenoxy) is 1. The lowest BCUT2D eigenvalue weighted by molar-refractivity contribution is 0.102. The molecule has 0 saturated heterocycles. The molecule has 4 heteroatoms. The second-order valence-corrected chi connectivity index (χ2v) is 6.07. The Morgan fingerprint density at radius 1 is 1.14 bits per heavy atom. The number of benzene rings is 2. The van der Waals surface area contributed by atoms with Gasteiger partial charge in [-0.15, -0.1) is 0 Å². The van der Waals surface area contributed by atoms with Crippen LogP contribution in [-0.4, -0.2) is 12.0 Å². The molecule has 2 aromatic carbocycles. The molecule has 0 saturated carbocycles. The van der Waals surface area contributed by atoms with Crippen molar-refractivity contribution < 1.29 is 9.53 Å². The van der Waals surface area contributed by atoms with Crippen molar-refractivity contribution in [2.24, 2.45) is 0 Å². The van der Waals surface area contributed by atoms with E-state index in [4.69, 9.17) is 4.74 Å². The van der Waals surface area contributed by atoms with Crippen LogP contribution in [0.2, 0.25) is 0 Å². The fourth-order valence-corrected chi connectivity index (χ4v) is 2.10. The van der Waals surface area contributed by atoms with E-state index in [1.807, 2.05) is 43.3 Å². The average Bonchev–Trinajstić information content (AvgIpc) is 2.50. The zero-order chi connectivity index (χ0) is 15.2. The van der Waals surface area contributed by atoms with Crippen molar-refractivity contribution in [3.05, 3.63) is 57.7 Å². The molecule has 0 aromatic heterocycles. The number of nitrogens with one attached hydrogen (secondary N) is 1. The maximum atomic E-state index is 12.1. The Morgan fingerprint density at radius 3 is 2.33 bits per heavy atom. The van der Waals surface area contributed by atoms with Crippen molar-refractivity contribution in [1.29, 1.82) is 0 Å². The molecule has 3 nitrogen and oxygen atoms in total. The van der Waals surface area contributed by atoms with Gasteiger partial charge in [-0.05, 0) is 84.5 Å². The number of hydrogen-bond donors (Lipinski definition) is 1. The second-order valence-electron chi connectivity index (χ2n) is 4.82. The molecule has 110 valence electrons. The highest BCUT2D eigenvalue weighted by molar-refractivity contribution is 14.1. The number of carbonyl (C=O) groups excluding carboxylic acids is 1. The minimum Gasteiger partial charge on any atom is -0.491 e. The molecule has 2 rings (SSSR count). The van der Waals surface area contributed by atoms with Gasteiger partial charge in [0.1, 0.15) is 5.75 Å². The van der Waals surface area contributed by atoms with E-state index < -0.39 is 0 Å². The van der Waals surface area contributed by atoms with Crippen molar-refractivity contribution in [3.63, 3.8) is 0 Å². The molecule has 1 atom stereocenters. The zero-order valence-electron chi connectivity index (χ0n) is 12.1. The highest BCUT2D eigenvalue weighted by Gasteiger charge is 2.07. The Bertz CT molecular complexity index is 593. The molecule has 21 heavy (non-hydrogen) atoms. The summed E-state index contributed by atoms with van der Waals surface area (Å²) in [5, 5.41) is 2.87. The van der Waals surface area contributed by atoms with E-state index in [2.05, 4.69) is 34.8 Å². The molecule has 1 N–H and O–H groups in total. The number of rotatable bonds is 5. The minimum atomic E-state index is -0.119. The van der Waals surface area contributed by atoms with Gasteiger partial charge in [-0.25, -0.2) is 0 Å². The van der Waals surface area contributed by atoms with Gasteiger partial charge in [0.05, 0.1) is 6.10 Å². The first-order valence-corrected chi connectivity index (χ1v) is 8.00. The quantitative estimate of drug-likeness (QED) is 0.744. The van der Waals surface area contributed by atoms with Crippen LogP contribution in [0.25, 0.3) is 0 Å². The third-order valence-electron chi connectivity index (χ3n) is 3.13. The van der Waals surface area contributed by atoms with E-state index in [0.29, 0.717) is 5.56 Å². The molecule has 0 aliphatic heterocycles. The van der Waals surface area contributed by atoms with Crippen molar-refractivity contribution in [2.75, 3.05) is 5.32 Å². The molecule has 0 aliphatic carbocycles. The summed E-state index contributed by atoms with van der Waals surface area (Å²) in [6.45, 7) is 4.10. The highest BCUT2D eigenvalue weighted by atomic mass is 127. The van der Waals surface area contributed by atoms with Crippen molar-refractivity contribution in [2.45, 2.75) is 26.4 Å². The van der Waals surface area contributed by atoms with Crippen LogP contribution < -0.4 is 10.1 Å². The van der Waals surface area contributed by atoms with E-state index in [1.165, 1.54) is 0 Å².